The molecule has 0 bridgehead atoms. The van der Waals surface area contributed by atoms with Gasteiger partial charge in [0.2, 0.25) is 0 Å². The summed E-state index contributed by atoms with van der Waals surface area (Å²) in [7, 11) is 0. The fourth-order valence-corrected chi connectivity index (χ4v) is 2.35. The Morgan fingerprint density at radius 2 is 2.18 bits per heavy atom. The molecule has 0 fully saturated rings. The predicted molar refractivity (Wildman–Crippen MR) is 65.2 cm³/mol. The fraction of sp³-hybridized carbons (Fsp3) is 0. The van der Waals surface area contributed by atoms with Gasteiger partial charge in [-0.25, -0.2) is 9.37 Å². The number of pyridine rings is 2. The minimum Gasteiger partial charge on any atom is -0.269 e. The Hall–Kier alpha value is -2.01. The van der Waals surface area contributed by atoms with E-state index in [0.29, 0.717) is 11.0 Å². The molecule has 0 N–H and O–H groups in total. The van der Waals surface area contributed by atoms with E-state index in [1.54, 1.807) is 6.07 Å². The van der Waals surface area contributed by atoms with E-state index in [1.807, 2.05) is 16.8 Å². The lowest BCUT2D eigenvalue weighted by Gasteiger charge is -2.06. The molecule has 3 heterocycles. The highest BCUT2D eigenvalue weighted by molar-refractivity contribution is 7.08. The van der Waals surface area contributed by atoms with Crippen LogP contribution in [-0.2, 0) is 0 Å². The van der Waals surface area contributed by atoms with Gasteiger partial charge in [-0.05, 0) is 23.6 Å². The first kappa shape index (κ1) is 10.2. The fourth-order valence-electron chi connectivity index (χ4n) is 1.73. The smallest absolute Gasteiger partial charge is 0.256 e. The Bertz CT molecular complexity index is 734. The van der Waals surface area contributed by atoms with Crippen molar-refractivity contribution in [1.29, 1.82) is 0 Å². The molecule has 3 rings (SSSR count). The number of thiophene rings is 1. The van der Waals surface area contributed by atoms with E-state index in [-0.39, 0.29) is 5.56 Å². The molecule has 0 radical (unpaired) electrons. The van der Waals surface area contributed by atoms with Crippen molar-refractivity contribution in [3.63, 3.8) is 0 Å². The number of rotatable bonds is 1. The van der Waals surface area contributed by atoms with Gasteiger partial charge in [0.1, 0.15) is 11.5 Å². The SMILES string of the molecule is O=c1ccc2cc(F)cnc2n1-c1ccsc1. The summed E-state index contributed by atoms with van der Waals surface area (Å²) in [4.78, 5) is 15.8. The predicted octanol–water partition coefficient (Wildman–Crippen LogP) is 2.59. The molecule has 5 heteroatoms. The van der Waals surface area contributed by atoms with Crippen molar-refractivity contribution in [2.45, 2.75) is 0 Å². The van der Waals surface area contributed by atoms with E-state index in [1.165, 1.54) is 28.0 Å². The molecule has 0 unspecified atom stereocenters. The maximum atomic E-state index is 13.1. The third kappa shape index (κ3) is 1.64. The van der Waals surface area contributed by atoms with Crippen LogP contribution < -0.4 is 5.56 Å². The monoisotopic (exact) mass is 246 g/mol. The summed E-state index contributed by atoms with van der Waals surface area (Å²) < 4.78 is 14.5. The maximum absolute atomic E-state index is 13.1. The number of hydrogen-bond donors (Lipinski definition) is 0. The van der Waals surface area contributed by atoms with Gasteiger partial charge >= 0.3 is 0 Å². The summed E-state index contributed by atoms with van der Waals surface area (Å²) in [6.07, 6.45) is 1.12. The molecular formula is C12H7FN2OS. The molecule has 0 saturated heterocycles. The number of aromatic nitrogens is 2. The van der Waals surface area contributed by atoms with Gasteiger partial charge in [0.15, 0.2) is 0 Å². The second kappa shape index (κ2) is 3.78. The first-order valence-electron chi connectivity index (χ1n) is 4.95. The first-order chi connectivity index (χ1) is 8.25. The summed E-state index contributed by atoms with van der Waals surface area (Å²) >= 11 is 1.49. The number of halogens is 1. The van der Waals surface area contributed by atoms with E-state index < -0.39 is 5.82 Å². The molecule has 17 heavy (non-hydrogen) atoms. The molecule has 0 amide bonds. The van der Waals surface area contributed by atoms with Crippen LogP contribution in [0.3, 0.4) is 0 Å². The molecule has 3 nitrogen and oxygen atoms in total. The van der Waals surface area contributed by atoms with Crippen LogP contribution >= 0.6 is 11.3 Å². The van der Waals surface area contributed by atoms with Crippen LogP contribution in [0.25, 0.3) is 16.7 Å². The third-order valence-electron chi connectivity index (χ3n) is 2.46. The van der Waals surface area contributed by atoms with Crippen molar-refractivity contribution < 1.29 is 4.39 Å². The Morgan fingerprint density at radius 1 is 1.29 bits per heavy atom. The quantitative estimate of drug-likeness (QED) is 0.661. The largest absolute Gasteiger partial charge is 0.269 e. The Kier molecular flexibility index (Phi) is 2.26. The molecule has 0 aliphatic carbocycles. The summed E-state index contributed by atoms with van der Waals surface area (Å²) in [5.74, 6) is -0.409. The van der Waals surface area contributed by atoms with Gasteiger partial charge in [0.05, 0.1) is 11.9 Å². The van der Waals surface area contributed by atoms with Crippen molar-refractivity contribution in [1.82, 2.24) is 9.55 Å². The van der Waals surface area contributed by atoms with Gasteiger partial charge in [-0.1, -0.05) is 0 Å². The summed E-state index contributed by atoms with van der Waals surface area (Å²) in [6, 6.07) is 6.19. The highest BCUT2D eigenvalue weighted by Crippen LogP contribution is 2.16. The highest BCUT2D eigenvalue weighted by Gasteiger charge is 2.07. The van der Waals surface area contributed by atoms with Gasteiger partial charge in [0.25, 0.3) is 5.56 Å². The highest BCUT2D eigenvalue weighted by atomic mass is 32.1. The van der Waals surface area contributed by atoms with Gasteiger partial charge < -0.3 is 0 Å². The number of nitrogens with zero attached hydrogens (tertiary/aromatic N) is 2. The van der Waals surface area contributed by atoms with Crippen molar-refractivity contribution in [2.24, 2.45) is 0 Å². The van der Waals surface area contributed by atoms with Crippen molar-refractivity contribution in [3.8, 4) is 5.69 Å². The van der Waals surface area contributed by atoms with E-state index >= 15 is 0 Å². The zero-order chi connectivity index (χ0) is 11.8. The van der Waals surface area contributed by atoms with Gasteiger partial charge in [0, 0.05) is 16.8 Å². The Balaban J connectivity index is 2.44. The number of fused-ring (bicyclic) bond motifs is 1. The standard InChI is InChI=1S/C12H7FN2OS/c13-9-5-8-1-2-11(16)15(12(8)14-6-9)10-3-4-17-7-10/h1-7H. The molecular weight excluding hydrogens is 239 g/mol. The summed E-state index contributed by atoms with van der Waals surface area (Å²) in [6.45, 7) is 0. The maximum Gasteiger partial charge on any atom is 0.256 e. The summed E-state index contributed by atoms with van der Waals surface area (Å²) in [5, 5.41) is 4.34. The lowest BCUT2D eigenvalue weighted by atomic mass is 10.3. The molecule has 3 aromatic heterocycles. The zero-order valence-corrected chi connectivity index (χ0v) is 9.45. The van der Waals surface area contributed by atoms with Gasteiger partial charge in [-0.2, -0.15) is 11.3 Å². The number of hydrogen-bond acceptors (Lipinski definition) is 3. The van der Waals surface area contributed by atoms with Crippen LogP contribution in [0.5, 0.6) is 0 Å². The normalized spacial score (nSPS) is 10.9. The third-order valence-corrected chi connectivity index (χ3v) is 3.13. The Morgan fingerprint density at radius 3 is 2.94 bits per heavy atom. The molecule has 3 aromatic rings. The average molecular weight is 246 g/mol. The van der Waals surface area contributed by atoms with Crippen LogP contribution in [0.2, 0.25) is 0 Å². The Labute approximate surface area is 99.8 Å². The van der Waals surface area contributed by atoms with E-state index in [2.05, 4.69) is 4.98 Å². The molecule has 0 spiro atoms. The molecule has 0 atom stereocenters. The van der Waals surface area contributed by atoms with Crippen LogP contribution in [0.15, 0.2) is 46.0 Å². The second-order valence-corrected chi connectivity index (χ2v) is 4.33. The molecule has 84 valence electrons. The van der Waals surface area contributed by atoms with Crippen LogP contribution in [0, 0.1) is 5.82 Å². The minimum atomic E-state index is -0.409. The lowest BCUT2D eigenvalue weighted by molar-refractivity contribution is 0.623. The average Bonchev–Trinajstić information content (AvgIpc) is 2.82. The lowest BCUT2D eigenvalue weighted by Crippen LogP contribution is -2.17. The molecule has 0 aliphatic rings. The van der Waals surface area contributed by atoms with Crippen LogP contribution in [0.1, 0.15) is 0 Å². The van der Waals surface area contributed by atoms with Gasteiger partial charge in [-0.3, -0.25) is 9.36 Å². The first-order valence-corrected chi connectivity index (χ1v) is 5.90. The second-order valence-electron chi connectivity index (χ2n) is 3.55. The van der Waals surface area contributed by atoms with Crippen molar-refractivity contribution >= 4 is 22.4 Å². The van der Waals surface area contributed by atoms with E-state index in [4.69, 9.17) is 0 Å². The van der Waals surface area contributed by atoms with E-state index in [9.17, 15) is 9.18 Å². The van der Waals surface area contributed by atoms with Crippen LogP contribution in [0.4, 0.5) is 4.39 Å². The zero-order valence-electron chi connectivity index (χ0n) is 8.63. The summed E-state index contributed by atoms with van der Waals surface area (Å²) in [5.41, 5.74) is 1.05. The molecule has 0 aromatic carbocycles. The van der Waals surface area contributed by atoms with Gasteiger partial charge in [-0.15, -0.1) is 0 Å². The van der Waals surface area contributed by atoms with Crippen molar-refractivity contribution in [2.75, 3.05) is 0 Å². The molecule has 0 aliphatic heterocycles. The van der Waals surface area contributed by atoms with Crippen LogP contribution in [-0.4, -0.2) is 9.55 Å². The topological polar surface area (TPSA) is 34.9 Å². The van der Waals surface area contributed by atoms with Crippen molar-refractivity contribution in [3.05, 3.63) is 57.4 Å². The molecule has 0 saturated carbocycles. The van der Waals surface area contributed by atoms with E-state index in [0.717, 1.165) is 11.9 Å². The minimum absolute atomic E-state index is 0.171.